The maximum absolute atomic E-state index is 5.64. The molecular weight excluding hydrogens is 210 g/mol. The fourth-order valence-electron chi connectivity index (χ4n) is 2.32. The molecule has 2 nitrogen and oxygen atoms in total. The Morgan fingerprint density at radius 2 is 2.06 bits per heavy atom. The van der Waals surface area contributed by atoms with Gasteiger partial charge in [-0.2, -0.15) is 0 Å². The van der Waals surface area contributed by atoms with Crippen molar-refractivity contribution >= 4 is 0 Å². The lowest BCUT2D eigenvalue weighted by Crippen LogP contribution is -2.38. The van der Waals surface area contributed by atoms with Crippen LogP contribution in [0.1, 0.15) is 66.2 Å². The third-order valence-corrected chi connectivity index (χ3v) is 3.48. The van der Waals surface area contributed by atoms with E-state index in [-0.39, 0.29) is 5.54 Å². The lowest BCUT2D eigenvalue weighted by molar-refractivity contribution is 0.101. The van der Waals surface area contributed by atoms with Crippen molar-refractivity contribution in [1.82, 2.24) is 5.32 Å². The minimum absolute atomic E-state index is 0.256. The number of hydrogen-bond donors (Lipinski definition) is 1. The second kappa shape index (κ2) is 7.38. The van der Waals surface area contributed by atoms with Crippen LogP contribution < -0.4 is 5.32 Å². The van der Waals surface area contributed by atoms with Crippen molar-refractivity contribution in [3.8, 4) is 0 Å². The van der Waals surface area contributed by atoms with Crippen LogP contribution in [0.4, 0.5) is 0 Å². The molecular formula is C15H31NO. The van der Waals surface area contributed by atoms with Crippen molar-refractivity contribution in [1.29, 1.82) is 0 Å². The second-order valence-corrected chi connectivity index (χ2v) is 6.66. The van der Waals surface area contributed by atoms with Gasteiger partial charge >= 0.3 is 0 Å². The normalized spacial score (nSPS) is 22.9. The molecule has 0 amide bonds. The molecule has 0 radical (unpaired) electrons. The van der Waals surface area contributed by atoms with Crippen LogP contribution in [0.5, 0.6) is 0 Å². The summed E-state index contributed by atoms with van der Waals surface area (Å²) in [6, 6.07) is 0. The summed E-state index contributed by atoms with van der Waals surface area (Å²) in [5.74, 6) is 0.790. The lowest BCUT2D eigenvalue weighted by Gasteiger charge is -2.23. The maximum Gasteiger partial charge on any atom is 0.0576 e. The van der Waals surface area contributed by atoms with E-state index in [0.29, 0.717) is 6.10 Å². The molecule has 0 aromatic rings. The molecule has 0 aromatic carbocycles. The highest BCUT2D eigenvalue weighted by atomic mass is 16.5. The second-order valence-electron chi connectivity index (χ2n) is 6.66. The van der Waals surface area contributed by atoms with Crippen LogP contribution in [0, 0.1) is 5.92 Å². The van der Waals surface area contributed by atoms with Gasteiger partial charge in [0.05, 0.1) is 6.10 Å². The van der Waals surface area contributed by atoms with Crippen LogP contribution in [0.3, 0.4) is 0 Å². The molecule has 0 bridgehead atoms. The lowest BCUT2D eigenvalue weighted by atomic mass is 10.00. The molecule has 0 aromatic heterocycles. The van der Waals surface area contributed by atoms with E-state index in [9.17, 15) is 0 Å². The Labute approximate surface area is 108 Å². The molecule has 1 heterocycles. The number of ether oxygens (including phenoxy) is 1. The number of unbranched alkanes of at least 4 members (excludes halogenated alkanes) is 1. The van der Waals surface area contributed by atoms with Crippen molar-refractivity contribution in [2.24, 2.45) is 5.92 Å². The van der Waals surface area contributed by atoms with Gasteiger partial charge in [-0.25, -0.2) is 0 Å². The molecule has 0 aliphatic carbocycles. The topological polar surface area (TPSA) is 21.3 Å². The molecule has 2 heteroatoms. The average Bonchev–Trinajstić information content (AvgIpc) is 2.73. The zero-order valence-electron chi connectivity index (χ0n) is 12.2. The van der Waals surface area contributed by atoms with Gasteiger partial charge in [0.25, 0.3) is 0 Å². The van der Waals surface area contributed by atoms with Crippen molar-refractivity contribution < 1.29 is 4.74 Å². The molecule has 102 valence electrons. The summed E-state index contributed by atoms with van der Waals surface area (Å²) in [6.07, 6.45) is 8.46. The van der Waals surface area contributed by atoms with E-state index in [1.54, 1.807) is 0 Å². The molecule has 1 N–H and O–H groups in total. The minimum Gasteiger partial charge on any atom is -0.378 e. The van der Waals surface area contributed by atoms with E-state index in [1.165, 1.54) is 38.5 Å². The molecule has 1 rings (SSSR count). The fraction of sp³-hybridized carbons (Fsp3) is 1.00. The van der Waals surface area contributed by atoms with Crippen LogP contribution in [0.25, 0.3) is 0 Å². The summed E-state index contributed by atoms with van der Waals surface area (Å²) in [4.78, 5) is 0. The largest absolute Gasteiger partial charge is 0.378 e. The van der Waals surface area contributed by atoms with E-state index < -0.39 is 0 Å². The van der Waals surface area contributed by atoms with Crippen molar-refractivity contribution in [2.45, 2.75) is 77.9 Å². The predicted octanol–water partition coefficient (Wildman–Crippen LogP) is 3.75. The summed E-state index contributed by atoms with van der Waals surface area (Å²) in [5, 5.41) is 3.58. The summed E-state index contributed by atoms with van der Waals surface area (Å²) < 4.78 is 5.64. The van der Waals surface area contributed by atoms with E-state index >= 15 is 0 Å². The van der Waals surface area contributed by atoms with Gasteiger partial charge < -0.3 is 10.1 Å². The molecule has 1 aliphatic rings. The highest BCUT2D eigenvalue weighted by Crippen LogP contribution is 2.19. The molecule has 0 spiro atoms. The molecule has 1 saturated heterocycles. The van der Waals surface area contributed by atoms with Gasteiger partial charge in [0.2, 0.25) is 0 Å². The van der Waals surface area contributed by atoms with Gasteiger partial charge in [-0.1, -0.05) is 19.8 Å². The zero-order chi connectivity index (χ0) is 12.7. The van der Waals surface area contributed by atoms with Crippen LogP contribution >= 0.6 is 0 Å². The van der Waals surface area contributed by atoms with E-state index in [0.717, 1.165) is 19.1 Å². The molecule has 1 aliphatic heterocycles. The van der Waals surface area contributed by atoms with Gasteiger partial charge in [-0.05, 0) is 58.9 Å². The highest BCUT2D eigenvalue weighted by molar-refractivity contribution is 4.72. The van der Waals surface area contributed by atoms with Gasteiger partial charge in [0.1, 0.15) is 0 Å². The van der Waals surface area contributed by atoms with E-state index in [1.807, 2.05) is 0 Å². The van der Waals surface area contributed by atoms with Gasteiger partial charge in [0.15, 0.2) is 0 Å². The molecule has 1 fully saturated rings. The van der Waals surface area contributed by atoms with Gasteiger partial charge in [0, 0.05) is 12.1 Å². The van der Waals surface area contributed by atoms with Crippen molar-refractivity contribution in [3.63, 3.8) is 0 Å². The first-order valence-corrected chi connectivity index (χ1v) is 7.34. The first-order chi connectivity index (χ1) is 7.97. The predicted molar refractivity (Wildman–Crippen MR) is 74.4 cm³/mol. The van der Waals surface area contributed by atoms with Crippen LogP contribution in [0.15, 0.2) is 0 Å². The van der Waals surface area contributed by atoms with Gasteiger partial charge in [-0.3, -0.25) is 0 Å². The average molecular weight is 241 g/mol. The molecule has 0 saturated carbocycles. The Morgan fingerprint density at radius 1 is 1.29 bits per heavy atom. The Balaban J connectivity index is 1.94. The Kier molecular flexibility index (Phi) is 6.50. The molecule has 17 heavy (non-hydrogen) atoms. The molecule has 2 atom stereocenters. The monoisotopic (exact) mass is 241 g/mol. The first-order valence-electron chi connectivity index (χ1n) is 7.34. The number of nitrogens with one attached hydrogen (secondary N) is 1. The Bertz CT molecular complexity index is 192. The number of rotatable bonds is 7. The zero-order valence-corrected chi connectivity index (χ0v) is 12.2. The van der Waals surface area contributed by atoms with Crippen LogP contribution in [-0.2, 0) is 4.74 Å². The smallest absolute Gasteiger partial charge is 0.0576 e. The summed E-state index contributed by atoms with van der Waals surface area (Å²) in [7, 11) is 0. The minimum atomic E-state index is 0.256. The first kappa shape index (κ1) is 15.0. The van der Waals surface area contributed by atoms with Crippen molar-refractivity contribution in [2.75, 3.05) is 13.2 Å². The number of hydrogen-bond acceptors (Lipinski definition) is 2. The summed E-state index contributed by atoms with van der Waals surface area (Å²) in [6.45, 7) is 11.2. The van der Waals surface area contributed by atoms with Crippen molar-refractivity contribution in [3.05, 3.63) is 0 Å². The summed E-state index contributed by atoms with van der Waals surface area (Å²) >= 11 is 0. The Morgan fingerprint density at radius 3 is 2.65 bits per heavy atom. The third-order valence-electron chi connectivity index (χ3n) is 3.48. The molecule has 2 unspecified atom stereocenters. The standard InChI is InChI=1S/C15H31NO/c1-13(12-16-15(2,3)4)8-5-6-9-14-10-7-11-17-14/h13-14,16H,5-12H2,1-4H3. The van der Waals surface area contributed by atoms with E-state index in [2.05, 4.69) is 33.0 Å². The van der Waals surface area contributed by atoms with Crippen LogP contribution in [0.2, 0.25) is 0 Å². The fourth-order valence-corrected chi connectivity index (χ4v) is 2.32. The Hall–Kier alpha value is -0.0800. The third kappa shape index (κ3) is 7.77. The quantitative estimate of drug-likeness (QED) is 0.685. The van der Waals surface area contributed by atoms with E-state index in [4.69, 9.17) is 4.74 Å². The summed E-state index contributed by atoms with van der Waals surface area (Å²) in [5.41, 5.74) is 0.256. The SMILES string of the molecule is CC(CCCCC1CCCO1)CNC(C)(C)C. The highest BCUT2D eigenvalue weighted by Gasteiger charge is 2.15. The van der Waals surface area contributed by atoms with Crippen LogP contribution in [-0.4, -0.2) is 24.8 Å². The van der Waals surface area contributed by atoms with Gasteiger partial charge in [-0.15, -0.1) is 0 Å². The maximum atomic E-state index is 5.64.